The Morgan fingerprint density at radius 3 is 2.54 bits per heavy atom. The molecule has 2 heterocycles. The fourth-order valence-electron chi connectivity index (χ4n) is 3.12. The van der Waals surface area contributed by atoms with Gasteiger partial charge in [0, 0.05) is 18.0 Å². The molecule has 0 aliphatic carbocycles. The Balaban J connectivity index is 1.58. The van der Waals surface area contributed by atoms with Gasteiger partial charge in [0.2, 0.25) is 5.28 Å². The minimum atomic E-state index is 0.170. The number of anilines is 1. The Hall–Kier alpha value is -3.12. The second-order valence-electron chi connectivity index (χ2n) is 6.29. The summed E-state index contributed by atoms with van der Waals surface area (Å²) in [6.45, 7) is 1.27. The number of ether oxygens (including phenoxy) is 2. The highest BCUT2D eigenvalue weighted by Gasteiger charge is 2.14. The molecule has 0 fully saturated rings. The first-order valence-electron chi connectivity index (χ1n) is 8.80. The second kappa shape index (κ2) is 7.86. The molecule has 0 saturated carbocycles. The van der Waals surface area contributed by atoms with Crippen molar-refractivity contribution in [3.8, 4) is 11.5 Å². The summed E-state index contributed by atoms with van der Waals surface area (Å²) in [4.78, 5) is 13.3. The number of aliphatic imine (C=N–C) groups is 1. The highest BCUT2D eigenvalue weighted by Crippen LogP contribution is 2.34. The lowest BCUT2D eigenvalue weighted by Crippen LogP contribution is -2.08. The van der Waals surface area contributed by atoms with Gasteiger partial charge in [0.1, 0.15) is 5.82 Å². The minimum absolute atomic E-state index is 0.170. The first kappa shape index (κ1) is 18.3. The van der Waals surface area contributed by atoms with Gasteiger partial charge < -0.3 is 14.8 Å². The van der Waals surface area contributed by atoms with Crippen molar-refractivity contribution in [3.05, 3.63) is 65.0 Å². The lowest BCUT2D eigenvalue weighted by atomic mass is 10.1. The zero-order chi connectivity index (χ0) is 19.5. The van der Waals surface area contributed by atoms with Gasteiger partial charge in [-0.1, -0.05) is 30.3 Å². The van der Waals surface area contributed by atoms with Crippen LogP contribution in [-0.4, -0.2) is 43.0 Å². The van der Waals surface area contributed by atoms with Crippen LogP contribution in [0.15, 0.2) is 59.1 Å². The first-order valence-corrected chi connectivity index (χ1v) is 9.18. The molecule has 1 aliphatic heterocycles. The third-order valence-corrected chi connectivity index (χ3v) is 4.69. The van der Waals surface area contributed by atoms with Gasteiger partial charge in [0.05, 0.1) is 32.0 Å². The minimum Gasteiger partial charge on any atom is -0.493 e. The Labute approximate surface area is 167 Å². The molecular formula is C21H19ClN4O2. The van der Waals surface area contributed by atoms with E-state index >= 15 is 0 Å². The molecule has 1 N–H and O–H groups in total. The molecule has 0 amide bonds. The number of fused-ring (bicyclic) bond motifs is 1. The number of halogens is 1. The number of nitrogens with zero attached hydrogens (tertiary/aromatic N) is 3. The third kappa shape index (κ3) is 3.64. The summed E-state index contributed by atoms with van der Waals surface area (Å²) < 4.78 is 10.7. The summed E-state index contributed by atoms with van der Waals surface area (Å²) in [5, 5.41) is 4.34. The summed E-state index contributed by atoms with van der Waals surface area (Å²) in [6.07, 6.45) is 2.11. The topological polar surface area (TPSA) is 68.6 Å². The molecule has 3 aromatic rings. The van der Waals surface area contributed by atoms with Crippen molar-refractivity contribution >= 4 is 34.0 Å². The van der Waals surface area contributed by atoms with E-state index in [2.05, 4.69) is 38.5 Å². The van der Waals surface area contributed by atoms with Gasteiger partial charge in [0.15, 0.2) is 11.5 Å². The lowest BCUT2D eigenvalue weighted by molar-refractivity contribution is 0.356. The number of methoxy groups -OCH3 is 2. The van der Waals surface area contributed by atoms with Crippen molar-refractivity contribution < 1.29 is 9.47 Å². The molecule has 0 bridgehead atoms. The fraction of sp³-hybridized carbons (Fsp3) is 0.190. The van der Waals surface area contributed by atoms with Crippen LogP contribution in [-0.2, 0) is 0 Å². The predicted octanol–water partition coefficient (Wildman–Crippen LogP) is 4.14. The van der Waals surface area contributed by atoms with E-state index in [4.69, 9.17) is 21.1 Å². The van der Waals surface area contributed by atoms with Crippen LogP contribution in [0.5, 0.6) is 11.5 Å². The van der Waals surface area contributed by atoms with Crippen LogP contribution in [0.4, 0.5) is 5.82 Å². The van der Waals surface area contributed by atoms with Crippen LogP contribution in [0.1, 0.15) is 5.56 Å². The average Bonchev–Trinajstić information content (AvgIpc) is 3.20. The maximum absolute atomic E-state index is 6.12. The summed E-state index contributed by atoms with van der Waals surface area (Å²) in [6, 6.07) is 13.8. The van der Waals surface area contributed by atoms with E-state index in [0.717, 1.165) is 16.7 Å². The van der Waals surface area contributed by atoms with Gasteiger partial charge in [-0.15, -0.1) is 0 Å². The van der Waals surface area contributed by atoms with E-state index in [1.807, 2.05) is 24.3 Å². The zero-order valence-electron chi connectivity index (χ0n) is 15.6. The van der Waals surface area contributed by atoms with Gasteiger partial charge in [-0.2, -0.15) is 0 Å². The van der Waals surface area contributed by atoms with E-state index in [9.17, 15) is 0 Å². The van der Waals surface area contributed by atoms with E-state index < -0.39 is 0 Å². The smallest absolute Gasteiger partial charge is 0.224 e. The van der Waals surface area contributed by atoms with Crippen LogP contribution in [0, 0.1) is 0 Å². The van der Waals surface area contributed by atoms with Crippen molar-refractivity contribution in [2.45, 2.75) is 0 Å². The van der Waals surface area contributed by atoms with Crippen molar-refractivity contribution in [1.82, 2.24) is 9.97 Å². The molecule has 0 atom stereocenters. The Bertz CT molecular complexity index is 1080. The Morgan fingerprint density at radius 2 is 1.79 bits per heavy atom. The molecule has 1 aliphatic rings. The van der Waals surface area contributed by atoms with Crippen LogP contribution < -0.4 is 14.8 Å². The summed E-state index contributed by atoms with van der Waals surface area (Å²) in [7, 11) is 3.18. The third-order valence-electron chi connectivity index (χ3n) is 4.52. The molecule has 0 radical (unpaired) electrons. The molecule has 0 saturated heterocycles. The standard InChI is InChI=1S/C21H19ClN4O2/c1-27-18-9-15-17(10-19(18)28-2)25-21(22)26-20(15)24-12-13-8-16(23-11-13)14-6-4-3-5-7-14/h3-10H,11-12H2,1-2H3,(H,24,25,26). The van der Waals surface area contributed by atoms with Gasteiger partial charge in [-0.05, 0) is 34.9 Å². The van der Waals surface area contributed by atoms with Crippen molar-refractivity contribution in [2.24, 2.45) is 4.99 Å². The number of nitrogens with one attached hydrogen (secondary N) is 1. The van der Waals surface area contributed by atoms with Crippen LogP contribution in [0.3, 0.4) is 0 Å². The van der Waals surface area contributed by atoms with Crippen LogP contribution in [0.2, 0.25) is 5.28 Å². The second-order valence-corrected chi connectivity index (χ2v) is 6.63. The van der Waals surface area contributed by atoms with Crippen molar-refractivity contribution in [2.75, 3.05) is 32.6 Å². The van der Waals surface area contributed by atoms with Gasteiger partial charge in [-0.25, -0.2) is 9.97 Å². The fourth-order valence-corrected chi connectivity index (χ4v) is 3.30. The first-order chi connectivity index (χ1) is 13.7. The number of rotatable bonds is 6. The molecule has 28 heavy (non-hydrogen) atoms. The quantitative estimate of drug-likeness (QED) is 0.636. The molecule has 2 aromatic carbocycles. The highest BCUT2D eigenvalue weighted by molar-refractivity contribution is 6.28. The predicted molar refractivity (Wildman–Crippen MR) is 112 cm³/mol. The van der Waals surface area contributed by atoms with Crippen LogP contribution >= 0.6 is 11.6 Å². The number of benzene rings is 2. The summed E-state index contributed by atoms with van der Waals surface area (Å²) >= 11 is 6.12. The number of hydrogen-bond donors (Lipinski definition) is 1. The maximum Gasteiger partial charge on any atom is 0.224 e. The number of allylic oxidation sites excluding steroid dienone is 1. The molecule has 6 nitrogen and oxygen atoms in total. The van der Waals surface area contributed by atoms with E-state index in [-0.39, 0.29) is 5.28 Å². The summed E-state index contributed by atoms with van der Waals surface area (Å²) in [5.74, 6) is 1.85. The van der Waals surface area contributed by atoms with E-state index in [1.165, 1.54) is 5.57 Å². The van der Waals surface area contributed by atoms with Gasteiger partial charge >= 0.3 is 0 Å². The zero-order valence-corrected chi connectivity index (χ0v) is 16.3. The normalized spacial score (nSPS) is 13.2. The average molecular weight is 395 g/mol. The van der Waals surface area contributed by atoms with E-state index in [1.54, 1.807) is 20.3 Å². The highest BCUT2D eigenvalue weighted by atomic mass is 35.5. The maximum atomic E-state index is 6.12. The van der Waals surface area contributed by atoms with Crippen molar-refractivity contribution in [1.29, 1.82) is 0 Å². The SMILES string of the molecule is COc1cc2nc(Cl)nc(NCC3=CC(c4ccccc4)=NC3)c2cc1OC. The van der Waals surface area contributed by atoms with Gasteiger partial charge in [-0.3, -0.25) is 4.99 Å². The number of aromatic nitrogens is 2. The lowest BCUT2D eigenvalue weighted by Gasteiger charge is -2.12. The van der Waals surface area contributed by atoms with Crippen LogP contribution in [0.25, 0.3) is 10.9 Å². The number of hydrogen-bond acceptors (Lipinski definition) is 6. The Morgan fingerprint density at radius 1 is 1.04 bits per heavy atom. The van der Waals surface area contributed by atoms with E-state index in [0.29, 0.717) is 35.9 Å². The van der Waals surface area contributed by atoms with Crippen molar-refractivity contribution in [3.63, 3.8) is 0 Å². The molecular weight excluding hydrogens is 376 g/mol. The largest absolute Gasteiger partial charge is 0.493 e. The molecule has 142 valence electrons. The monoisotopic (exact) mass is 394 g/mol. The molecule has 4 rings (SSSR count). The molecule has 1 aromatic heterocycles. The molecule has 0 unspecified atom stereocenters. The summed E-state index contributed by atoms with van der Waals surface area (Å²) in [5.41, 5.74) is 3.96. The molecule has 7 heteroatoms. The molecule has 0 spiro atoms. The van der Waals surface area contributed by atoms with Gasteiger partial charge in [0.25, 0.3) is 0 Å². The Kier molecular flexibility index (Phi) is 5.12.